The maximum atomic E-state index is 8.53. The first kappa shape index (κ1) is 8.57. The van der Waals surface area contributed by atoms with Gasteiger partial charge in [-0.25, -0.2) is 4.98 Å². The van der Waals surface area contributed by atoms with Crippen molar-refractivity contribution in [3.63, 3.8) is 0 Å². The number of H-pyrrole nitrogens is 1. The van der Waals surface area contributed by atoms with Gasteiger partial charge in [0.2, 0.25) is 0 Å². The monoisotopic (exact) mass is 186 g/mol. The number of rotatable bonds is 1. The zero-order valence-electron chi connectivity index (χ0n) is 7.83. The van der Waals surface area contributed by atoms with Crippen LogP contribution in [0.15, 0.2) is 12.1 Å². The molecule has 1 aromatic carbocycles. The van der Waals surface area contributed by atoms with E-state index in [0.29, 0.717) is 17.9 Å². The number of nitriles is 1. The topological polar surface area (TPSA) is 78.5 Å². The third-order valence-electron chi connectivity index (χ3n) is 2.10. The minimum Gasteiger partial charge on any atom is -0.399 e. The molecule has 0 spiro atoms. The van der Waals surface area contributed by atoms with E-state index < -0.39 is 0 Å². The summed E-state index contributed by atoms with van der Waals surface area (Å²) in [6.07, 6.45) is 0.300. The van der Waals surface area contributed by atoms with E-state index in [4.69, 9.17) is 11.0 Å². The number of aromatic nitrogens is 2. The van der Waals surface area contributed by atoms with Crippen LogP contribution in [0, 0.1) is 18.3 Å². The smallest absolute Gasteiger partial charge is 0.121 e. The van der Waals surface area contributed by atoms with Gasteiger partial charge in [-0.15, -0.1) is 0 Å². The number of aryl methyl sites for hydroxylation is 1. The van der Waals surface area contributed by atoms with Crippen LogP contribution < -0.4 is 5.73 Å². The minimum atomic E-state index is 0.300. The molecule has 0 aliphatic carbocycles. The van der Waals surface area contributed by atoms with E-state index in [-0.39, 0.29) is 0 Å². The maximum Gasteiger partial charge on any atom is 0.121 e. The lowest BCUT2D eigenvalue weighted by Gasteiger charge is -1.96. The highest BCUT2D eigenvalue weighted by Crippen LogP contribution is 2.19. The van der Waals surface area contributed by atoms with Crippen LogP contribution in [0.2, 0.25) is 0 Å². The predicted molar refractivity (Wildman–Crippen MR) is 54.6 cm³/mol. The van der Waals surface area contributed by atoms with Gasteiger partial charge >= 0.3 is 0 Å². The number of nitrogens with zero attached hydrogens (tertiary/aromatic N) is 2. The van der Waals surface area contributed by atoms with Gasteiger partial charge < -0.3 is 10.7 Å². The lowest BCUT2D eigenvalue weighted by molar-refractivity contribution is 1.08. The quantitative estimate of drug-likeness (QED) is 0.663. The minimum absolute atomic E-state index is 0.300. The number of hydrogen-bond acceptors (Lipinski definition) is 3. The molecule has 0 radical (unpaired) electrons. The highest BCUT2D eigenvalue weighted by molar-refractivity contribution is 5.82. The molecule has 1 heterocycles. The van der Waals surface area contributed by atoms with Crippen LogP contribution in [0.4, 0.5) is 5.69 Å². The zero-order chi connectivity index (χ0) is 10.1. The molecule has 0 amide bonds. The number of benzene rings is 1. The summed E-state index contributed by atoms with van der Waals surface area (Å²) in [5, 5.41) is 8.53. The number of fused-ring (bicyclic) bond motifs is 1. The largest absolute Gasteiger partial charge is 0.399 e. The second-order valence-electron chi connectivity index (χ2n) is 3.25. The van der Waals surface area contributed by atoms with Gasteiger partial charge in [0.1, 0.15) is 5.82 Å². The van der Waals surface area contributed by atoms with E-state index in [2.05, 4.69) is 16.0 Å². The molecule has 0 atom stereocenters. The van der Waals surface area contributed by atoms with Crippen molar-refractivity contribution in [3.8, 4) is 6.07 Å². The fourth-order valence-corrected chi connectivity index (χ4v) is 1.53. The lowest BCUT2D eigenvalue weighted by Crippen LogP contribution is -1.86. The molecule has 2 rings (SSSR count). The fraction of sp³-hybridized carbons (Fsp3) is 0.200. The van der Waals surface area contributed by atoms with Gasteiger partial charge in [-0.05, 0) is 24.6 Å². The molecular weight excluding hydrogens is 176 g/mol. The van der Waals surface area contributed by atoms with Crippen LogP contribution in [-0.2, 0) is 6.42 Å². The first-order chi connectivity index (χ1) is 6.70. The second-order valence-corrected chi connectivity index (χ2v) is 3.25. The molecule has 0 aliphatic rings. The summed E-state index contributed by atoms with van der Waals surface area (Å²) in [5.74, 6) is 0.691. The van der Waals surface area contributed by atoms with Crippen molar-refractivity contribution in [2.75, 3.05) is 5.73 Å². The summed E-state index contributed by atoms with van der Waals surface area (Å²) in [6, 6.07) is 5.76. The van der Waals surface area contributed by atoms with E-state index in [1.807, 2.05) is 19.1 Å². The van der Waals surface area contributed by atoms with Crippen LogP contribution in [-0.4, -0.2) is 9.97 Å². The maximum absolute atomic E-state index is 8.53. The summed E-state index contributed by atoms with van der Waals surface area (Å²) in [6.45, 7) is 1.95. The summed E-state index contributed by atoms with van der Waals surface area (Å²) in [7, 11) is 0. The third kappa shape index (κ3) is 1.29. The molecular formula is C10H10N4. The van der Waals surface area contributed by atoms with Gasteiger partial charge in [0, 0.05) is 5.69 Å². The van der Waals surface area contributed by atoms with Gasteiger partial charge in [-0.2, -0.15) is 5.26 Å². The van der Waals surface area contributed by atoms with Crippen LogP contribution in [0.1, 0.15) is 11.4 Å². The van der Waals surface area contributed by atoms with Crippen LogP contribution in [0.25, 0.3) is 11.0 Å². The number of anilines is 1. The number of nitrogen functional groups attached to an aromatic ring is 1. The summed E-state index contributed by atoms with van der Waals surface area (Å²) in [5.41, 5.74) is 9.22. The summed E-state index contributed by atoms with van der Waals surface area (Å²) in [4.78, 5) is 7.37. The van der Waals surface area contributed by atoms with Crippen molar-refractivity contribution >= 4 is 16.7 Å². The molecule has 0 saturated heterocycles. The molecule has 4 heteroatoms. The Hall–Kier alpha value is -2.02. The molecule has 4 nitrogen and oxygen atoms in total. The van der Waals surface area contributed by atoms with Crippen LogP contribution in [0.5, 0.6) is 0 Å². The van der Waals surface area contributed by atoms with Gasteiger partial charge in [0.25, 0.3) is 0 Å². The molecule has 2 aromatic rings. The van der Waals surface area contributed by atoms with Crippen LogP contribution in [0.3, 0.4) is 0 Å². The Bertz CT molecular complexity index is 519. The third-order valence-corrected chi connectivity index (χ3v) is 2.10. The average Bonchev–Trinajstić information content (AvgIpc) is 2.48. The first-order valence-electron chi connectivity index (χ1n) is 4.32. The Kier molecular flexibility index (Phi) is 1.86. The number of nitrogens with one attached hydrogen (secondary N) is 1. The van der Waals surface area contributed by atoms with E-state index in [1.165, 1.54) is 0 Å². The molecule has 0 bridgehead atoms. The Morgan fingerprint density at radius 2 is 2.36 bits per heavy atom. The van der Waals surface area contributed by atoms with Crippen molar-refractivity contribution in [3.05, 3.63) is 23.5 Å². The Labute approximate surface area is 81.4 Å². The number of aromatic amines is 1. The van der Waals surface area contributed by atoms with Gasteiger partial charge in [-0.1, -0.05) is 0 Å². The molecule has 0 saturated carbocycles. The summed E-state index contributed by atoms with van der Waals surface area (Å²) >= 11 is 0. The SMILES string of the molecule is Cc1cc(N)cc2[nH]c(CC#N)nc12. The standard InChI is InChI=1S/C10H10N4/c1-6-4-7(12)5-8-10(6)14-9(13-8)2-3-11/h4-5H,2,12H2,1H3,(H,13,14). The van der Waals surface area contributed by atoms with Gasteiger partial charge in [0.05, 0.1) is 23.5 Å². The highest BCUT2D eigenvalue weighted by atomic mass is 14.9. The number of nitrogens with two attached hydrogens (primary N) is 1. The molecule has 1 aromatic heterocycles. The molecule has 3 N–H and O–H groups in total. The molecule has 70 valence electrons. The second kappa shape index (κ2) is 3.04. The van der Waals surface area contributed by atoms with Crippen molar-refractivity contribution in [1.82, 2.24) is 9.97 Å². The van der Waals surface area contributed by atoms with E-state index >= 15 is 0 Å². The Morgan fingerprint density at radius 3 is 3.07 bits per heavy atom. The van der Waals surface area contributed by atoms with E-state index in [0.717, 1.165) is 16.6 Å². The van der Waals surface area contributed by atoms with E-state index in [9.17, 15) is 0 Å². The van der Waals surface area contributed by atoms with Crippen molar-refractivity contribution < 1.29 is 0 Å². The van der Waals surface area contributed by atoms with Crippen LogP contribution >= 0.6 is 0 Å². The normalized spacial score (nSPS) is 10.3. The van der Waals surface area contributed by atoms with Crippen molar-refractivity contribution in [1.29, 1.82) is 5.26 Å². The zero-order valence-corrected chi connectivity index (χ0v) is 7.83. The predicted octanol–water partition coefficient (Wildman–Crippen LogP) is 1.52. The summed E-state index contributed by atoms with van der Waals surface area (Å²) < 4.78 is 0. The highest BCUT2D eigenvalue weighted by Gasteiger charge is 2.05. The van der Waals surface area contributed by atoms with Gasteiger partial charge in [0.15, 0.2) is 0 Å². The molecule has 0 fully saturated rings. The Balaban J connectivity index is 2.66. The molecule has 0 unspecified atom stereocenters. The Morgan fingerprint density at radius 1 is 1.57 bits per heavy atom. The number of hydrogen-bond donors (Lipinski definition) is 2. The number of imidazole rings is 1. The average molecular weight is 186 g/mol. The van der Waals surface area contributed by atoms with E-state index in [1.54, 1.807) is 0 Å². The lowest BCUT2D eigenvalue weighted by atomic mass is 10.2. The molecule has 14 heavy (non-hydrogen) atoms. The van der Waals surface area contributed by atoms with Gasteiger partial charge in [-0.3, -0.25) is 0 Å². The van der Waals surface area contributed by atoms with Crippen molar-refractivity contribution in [2.24, 2.45) is 0 Å². The first-order valence-corrected chi connectivity index (χ1v) is 4.32. The molecule has 0 aliphatic heterocycles. The fourth-order valence-electron chi connectivity index (χ4n) is 1.53. The van der Waals surface area contributed by atoms with Crippen molar-refractivity contribution in [2.45, 2.75) is 13.3 Å².